The molecular formula is C25H24F6O. The van der Waals surface area contributed by atoms with Gasteiger partial charge in [-0.3, -0.25) is 4.79 Å². The van der Waals surface area contributed by atoms with Crippen molar-refractivity contribution in [3.63, 3.8) is 0 Å². The summed E-state index contributed by atoms with van der Waals surface area (Å²) in [6.45, 7) is 0. The lowest BCUT2D eigenvalue weighted by Gasteiger charge is -2.23. The Labute approximate surface area is 182 Å². The van der Waals surface area contributed by atoms with E-state index in [1.165, 1.54) is 24.3 Å². The van der Waals surface area contributed by atoms with E-state index < -0.39 is 40.4 Å². The van der Waals surface area contributed by atoms with Crippen LogP contribution in [0.2, 0.25) is 0 Å². The molecule has 2 aliphatic rings. The summed E-state index contributed by atoms with van der Waals surface area (Å²) < 4.78 is 84.7. The van der Waals surface area contributed by atoms with Crippen molar-refractivity contribution in [2.24, 2.45) is 0 Å². The Hall–Kier alpha value is -2.31. The summed E-state index contributed by atoms with van der Waals surface area (Å²) >= 11 is 0. The van der Waals surface area contributed by atoms with Gasteiger partial charge in [0.1, 0.15) is 0 Å². The van der Waals surface area contributed by atoms with E-state index in [4.69, 9.17) is 0 Å². The van der Waals surface area contributed by atoms with Gasteiger partial charge in [-0.1, -0.05) is 62.1 Å². The van der Waals surface area contributed by atoms with Gasteiger partial charge >= 0.3 is 12.4 Å². The molecule has 7 heteroatoms. The standard InChI is InChI=1S/C25H24F6O/c26-24(27,28)21-17(15-7-1-2-8-15)11-5-13-19(21)23(32)20-14-6-12-18(16-9-3-4-10-16)22(20)25(29,30)31/h5-6,11-16H,1-4,7-10H2. The third-order valence-corrected chi connectivity index (χ3v) is 6.84. The fourth-order valence-electron chi connectivity index (χ4n) is 5.45. The average molecular weight is 454 g/mol. The van der Waals surface area contributed by atoms with E-state index in [9.17, 15) is 31.1 Å². The van der Waals surface area contributed by atoms with Crippen molar-refractivity contribution >= 4 is 5.78 Å². The maximum absolute atomic E-state index is 14.1. The molecule has 0 unspecified atom stereocenters. The average Bonchev–Trinajstić information content (AvgIpc) is 3.45. The predicted molar refractivity (Wildman–Crippen MR) is 109 cm³/mol. The van der Waals surface area contributed by atoms with Crippen molar-refractivity contribution < 1.29 is 31.1 Å². The van der Waals surface area contributed by atoms with Gasteiger partial charge in [0.2, 0.25) is 0 Å². The summed E-state index contributed by atoms with van der Waals surface area (Å²) in [6, 6.07) is 7.43. The zero-order valence-electron chi connectivity index (χ0n) is 17.5. The first-order valence-corrected chi connectivity index (χ1v) is 11.0. The molecule has 2 saturated carbocycles. The predicted octanol–water partition coefficient (Wildman–Crippen LogP) is 8.27. The Morgan fingerprint density at radius 3 is 1.28 bits per heavy atom. The summed E-state index contributed by atoms with van der Waals surface area (Å²) in [5.41, 5.74) is -3.54. The fraction of sp³-hybridized carbons (Fsp3) is 0.480. The van der Waals surface area contributed by atoms with Crippen molar-refractivity contribution in [3.05, 3.63) is 69.8 Å². The molecule has 1 nitrogen and oxygen atoms in total. The number of carbonyl (C=O) groups excluding carboxylic acids is 1. The van der Waals surface area contributed by atoms with Crippen molar-refractivity contribution in [2.75, 3.05) is 0 Å². The van der Waals surface area contributed by atoms with Crippen LogP contribution in [0.4, 0.5) is 26.3 Å². The second kappa shape index (κ2) is 8.56. The molecule has 32 heavy (non-hydrogen) atoms. The number of halogens is 6. The second-order valence-corrected chi connectivity index (χ2v) is 8.83. The SMILES string of the molecule is O=C(c1cccc(C2CCCC2)c1C(F)(F)F)c1cccc(C2CCCC2)c1C(F)(F)F. The molecule has 0 atom stereocenters. The smallest absolute Gasteiger partial charge is 0.289 e. The molecular weight excluding hydrogens is 430 g/mol. The number of carbonyl (C=O) groups is 1. The maximum Gasteiger partial charge on any atom is 0.417 e. The zero-order chi connectivity index (χ0) is 23.1. The lowest BCUT2D eigenvalue weighted by Crippen LogP contribution is -2.22. The van der Waals surface area contributed by atoms with Crippen molar-refractivity contribution in [3.8, 4) is 0 Å². The van der Waals surface area contributed by atoms with E-state index >= 15 is 0 Å². The number of alkyl halides is 6. The van der Waals surface area contributed by atoms with Crippen molar-refractivity contribution in [1.29, 1.82) is 0 Å². The number of hydrogen-bond donors (Lipinski definition) is 0. The van der Waals surface area contributed by atoms with Gasteiger partial charge in [0.25, 0.3) is 0 Å². The van der Waals surface area contributed by atoms with Gasteiger partial charge in [0, 0.05) is 11.1 Å². The molecule has 2 aromatic carbocycles. The Morgan fingerprint density at radius 1 is 0.625 bits per heavy atom. The van der Waals surface area contributed by atoms with Crippen LogP contribution in [0.15, 0.2) is 36.4 Å². The van der Waals surface area contributed by atoms with Gasteiger partial charge < -0.3 is 0 Å². The first-order valence-electron chi connectivity index (χ1n) is 11.0. The molecule has 4 rings (SSSR count). The summed E-state index contributed by atoms with van der Waals surface area (Å²) in [5.74, 6) is -1.90. The number of benzene rings is 2. The Bertz CT molecular complexity index is 913. The van der Waals surface area contributed by atoms with Crippen LogP contribution in [0.25, 0.3) is 0 Å². The minimum atomic E-state index is -4.84. The number of rotatable bonds is 4. The van der Waals surface area contributed by atoms with Gasteiger partial charge in [-0.05, 0) is 48.6 Å². The minimum Gasteiger partial charge on any atom is -0.289 e. The molecule has 0 aromatic heterocycles. The highest BCUT2D eigenvalue weighted by Crippen LogP contribution is 2.46. The van der Waals surface area contributed by atoms with Gasteiger partial charge in [-0.2, -0.15) is 26.3 Å². The number of hydrogen-bond acceptors (Lipinski definition) is 1. The van der Waals surface area contributed by atoms with Crippen LogP contribution >= 0.6 is 0 Å². The molecule has 0 bridgehead atoms. The Kier molecular flexibility index (Phi) is 6.12. The van der Waals surface area contributed by atoms with Crippen LogP contribution in [0, 0.1) is 0 Å². The first kappa shape index (κ1) is 22.9. The number of ketones is 1. The van der Waals surface area contributed by atoms with E-state index in [0.29, 0.717) is 25.7 Å². The van der Waals surface area contributed by atoms with E-state index in [1.54, 1.807) is 0 Å². The Morgan fingerprint density at radius 2 is 0.969 bits per heavy atom. The molecule has 0 saturated heterocycles. The molecule has 0 aliphatic heterocycles. The minimum absolute atomic E-state index is 0.0151. The maximum atomic E-state index is 14.1. The summed E-state index contributed by atoms with van der Waals surface area (Å²) in [5, 5.41) is 0. The second-order valence-electron chi connectivity index (χ2n) is 8.83. The molecule has 0 amide bonds. The van der Waals surface area contributed by atoms with Crippen LogP contribution in [0.1, 0.15) is 101 Å². The van der Waals surface area contributed by atoms with E-state index in [2.05, 4.69) is 0 Å². The zero-order valence-corrected chi connectivity index (χ0v) is 17.5. The molecule has 0 N–H and O–H groups in total. The molecule has 172 valence electrons. The van der Waals surface area contributed by atoms with Crippen LogP contribution in [0.5, 0.6) is 0 Å². The van der Waals surface area contributed by atoms with E-state index in [-0.39, 0.29) is 23.0 Å². The highest BCUT2D eigenvalue weighted by Gasteiger charge is 2.43. The fourth-order valence-corrected chi connectivity index (χ4v) is 5.45. The third kappa shape index (κ3) is 4.30. The van der Waals surface area contributed by atoms with Crippen LogP contribution in [-0.2, 0) is 12.4 Å². The van der Waals surface area contributed by atoms with E-state index in [0.717, 1.165) is 37.8 Å². The quantitative estimate of drug-likeness (QED) is 0.336. The highest BCUT2D eigenvalue weighted by molar-refractivity contribution is 6.11. The lowest BCUT2D eigenvalue weighted by atomic mass is 9.84. The molecule has 0 spiro atoms. The van der Waals surface area contributed by atoms with E-state index in [1.807, 2.05) is 0 Å². The van der Waals surface area contributed by atoms with Crippen LogP contribution < -0.4 is 0 Å². The summed E-state index contributed by atoms with van der Waals surface area (Å²) in [4.78, 5) is 13.3. The first-order chi connectivity index (χ1) is 15.1. The summed E-state index contributed by atoms with van der Waals surface area (Å²) in [6.07, 6.45) is -4.21. The Balaban J connectivity index is 1.89. The van der Waals surface area contributed by atoms with Gasteiger partial charge in [0.15, 0.2) is 5.78 Å². The highest BCUT2D eigenvalue weighted by atomic mass is 19.4. The third-order valence-electron chi connectivity index (χ3n) is 6.84. The monoisotopic (exact) mass is 454 g/mol. The van der Waals surface area contributed by atoms with Crippen molar-refractivity contribution in [2.45, 2.75) is 75.6 Å². The molecule has 0 heterocycles. The van der Waals surface area contributed by atoms with Crippen LogP contribution in [0.3, 0.4) is 0 Å². The van der Waals surface area contributed by atoms with Gasteiger partial charge in [-0.15, -0.1) is 0 Å². The van der Waals surface area contributed by atoms with Gasteiger partial charge in [0.05, 0.1) is 11.1 Å². The molecule has 2 fully saturated rings. The lowest BCUT2D eigenvalue weighted by molar-refractivity contribution is -0.138. The topological polar surface area (TPSA) is 17.1 Å². The normalized spacial score (nSPS) is 18.4. The molecule has 0 radical (unpaired) electrons. The largest absolute Gasteiger partial charge is 0.417 e. The van der Waals surface area contributed by atoms with Gasteiger partial charge in [-0.25, -0.2) is 0 Å². The van der Waals surface area contributed by atoms with Crippen LogP contribution in [-0.4, -0.2) is 5.78 Å². The molecule has 2 aliphatic carbocycles. The summed E-state index contributed by atoms with van der Waals surface area (Å²) in [7, 11) is 0. The van der Waals surface area contributed by atoms with Crippen molar-refractivity contribution in [1.82, 2.24) is 0 Å². The molecule has 2 aromatic rings.